The highest BCUT2D eigenvalue weighted by Crippen LogP contribution is 2.31. The van der Waals surface area contributed by atoms with Gasteiger partial charge in [-0.2, -0.15) is 0 Å². The van der Waals surface area contributed by atoms with Gasteiger partial charge in [0.1, 0.15) is 0 Å². The van der Waals surface area contributed by atoms with Gasteiger partial charge in [0.2, 0.25) is 0 Å². The van der Waals surface area contributed by atoms with Crippen LogP contribution in [0.3, 0.4) is 0 Å². The topological polar surface area (TPSA) is 54.4 Å². The van der Waals surface area contributed by atoms with Crippen LogP contribution in [0, 0.1) is 0 Å². The molecule has 5 heteroatoms. The smallest absolute Gasteiger partial charge is 0.151 e. The minimum Gasteiger partial charge on any atom is -0.389 e. The summed E-state index contributed by atoms with van der Waals surface area (Å²) in [5.74, 6) is 0.603. The zero-order chi connectivity index (χ0) is 12.5. The summed E-state index contributed by atoms with van der Waals surface area (Å²) in [4.78, 5) is 1.07. The Kier molecular flexibility index (Phi) is 3.80. The average molecular weight is 272 g/mol. The minimum atomic E-state index is -2.80. The highest BCUT2D eigenvalue weighted by Gasteiger charge is 2.28. The third-order valence-corrected chi connectivity index (χ3v) is 6.11. The summed E-state index contributed by atoms with van der Waals surface area (Å²) in [7, 11) is -2.80. The zero-order valence-electron chi connectivity index (χ0n) is 9.67. The number of thioether (sulfide) groups is 1. The third-order valence-electron chi connectivity index (χ3n) is 2.86. The van der Waals surface area contributed by atoms with E-state index in [9.17, 15) is 13.5 Å². The highest BCUT2D eigenvalue weighted by molar-refractivity contribution is 8.01. The van der Waals surface area contributed by atoms with Crippen LogP contribution < -0.4 is 0 Å². The summed E-state index contributed by atoms with van der Waals surface area (Å²) in [6, 6.07) is 7.65. The molecule has 1 fully saturated rings. The van der Waals surface area contributed by atoms with Gasteiger partial charge in [-0.25, -0.2) is 8.42 Å². The van der Waals surface area contributed by atoms with Gasteiger partial charge in [0, 0.05) is 10.1 Å². The van der Waals surface area contributed by atoms with Crippen molar-refractivity contribution in [2.75, 3.05) is 11.5 Å². The fourth-order valence-corrected chi connectivity index (χ4v) is 5.37. The lowest BCUT2D eigenvalue weighted by Gasteiger charge is -2.09. The maximum absolute atomic E-state index is 11.3. The number of aliphatic hydroxyl groups is 1. The van der Waals surface area contributed by atoms with Gasteiger partial charge in [0.25, 0.3) is 0 Å². The van der Waals surface area contributed by atoms with Crippen LogP contribution in [0.15, 0.2) is 29.2 Å². The molecule has 1 N–H and O–H groups in total. The first kappa shape index (κ1) is 12.9. The van der Waals surface area contributed by atoms with E-state index < -0.39 is 15.9 Å². The van der Waals surface area contributed by atoms with E-state index in [4.69, 9.17) is 0 Å². The molecule has 94 valence electrons. The third kappa shape index (κ3) is 3.47. The van der Waals surface area contributed by atoms with E-state index in [1.165, 1.54) is 0 Å². The van der Waals surface area contributed by atoms with Crippen LogP contribution in [0.25, 0.3) is 0 Å². The Hall–Kier alpha value is -0.520. The molecule has 17 heavy (non-hydrogen) atoms. The molecule has 0 bridgehead atoms. The quantitative estimate of drug-likeness (QED) is 0.914. The largest absolute Gasteiger partial charge is 0.389 e. The lowest BCUT2D eigenvalue weighted by molar-refractivity contribution is 0.199. The molecule has 0 spiro atoms. The van der Waals surface area contributed by atoms with Crippen molar-refractivity contribution in [1.29, 1.82) is 0 Å². The molecule has 2 unspecified atom stereocenters. The van der Waals surface area contributed by atoms with Gasteiger partial charge in [-0.05, 0) is 31.0 Å². The fourth-order valence-electron chi connectivity index (χ4n) is 1.87. The average Bonchev–Trinajstić information content (AvgIpc) is 2.59. The van der Waals surface area contributed by atoms with Crippen LogP contribution in [-0.4, -0.2) is 30.3 Å². The standard InChI is InChI=1S/C12H16O3S2/c1-9(13)10-2-4-11(5-3-10)16-12-6-7-17(14,15)8-12/h2-5,9,12-13H,6-8H2,1H3. The molecule has 1 saturated heterocycles. The Balaban J connectivity index is 2.00. The van der Waals surface area contributed by atoms with Crippen molar-refractivity contribution in [1.82, 2.24) is 0 Å². The molecule has 1 aliphatic heterocycles. The molecular weight excluding hydrogens is 256 g/mol. The Morgan fingerprint density at radius 2 is 2.00 bits per heavy atom. The van der Waals surface area contributed by atoms with Crippen molar-refractivity contribution >= 4 is 21.6 Å². The molecule has 2 rings (SSSR count). The normalized spacial score (nSPS) is 24.7. The molecule has 2 atom stereocenters. The number of hydrogen-bond acceptors (Lipinski definition) is 4. The molecule has 0 aliphatic carbocycles. The second kappa shape index (κ2) is 5.00. The molecule has 3 nitrogen and oxygen atoms in total. The number of sulfone groups is 1. The van der Waals surface area contributed by atoms with Gasteiger partial charge >= 0.3 is 0 Å². The molecule has 1 aromatic carbocycles. The molecule has 0 aromatic heterocycles. The lowest BCUT2D eigenvalue weighted by atomic mass is 10.1. The molecule has 1 aliphatic rings. The van der Waals surface area contributed by atoms with E-state index in [0.717, 1.165) is 16.9 Å². The number of benzene rings is 1. The SMILES string of the molecule is CC(O)c1ccc(SC2CCS(=O)(=O)C2)cc1. The van der Waals surface area contributed by atoms with Crippen LogP contribution in [0.2, 0.25) is 0 Å². The van der Waals surface area contributed by atoms with E-state index in [2.05, 4.69) is 0 Å². The van der Waals surface area contributed by atoms with Crippen LogP contribution >= 0.6 is 11.8 Å². The number of rotatable bonds is 3. The van der Waals surface area contributed by atoms with Gasteiger partial charge < -0.3 is 5.11 Å². The molecule has 1 aromatic rings. The second-order valence-corrected chi connectivity index (χ2v) is 7.99. The van der Waals surface area contributed by atoms with Crippen molar-refractivity contribution in [3.63, 3.8) is 0 Å². The zero-order valence-corrected chi connectivity index (χ0v) is 11.3. The first-order valence-electron chi connectivity index (χ1n) is 5.61. The Bertz CT molecular complexity index is 477. The van der Waals surface area contributed by atoms with Crippen molar-refractivity contribution in [2.45, 2.75) is 29.6 Å². The monoisotopic (exact) mass is 272 g/mol. The minimum absolute atomic E-state index is 0.178. The first-order chi connectivity index (χ1) is 7.96. The van der Waals surface area contributed by atoms with E-state index >= 15 is 0 Å². The summed E-state index contributed by atoms with van der Waals surface area (Å²) < 4.78 is 22.7. The summed E-state index contributed by atoms with van der Waals surface area (Å²) >= 11 is 1.61. The van der Waals surface area contributed by atoms with Crippen LogP contribution in [0.1, 0.15) is 25.0 Å². The summed E-state index contributed by atoms with van der Waals surface area (Å²) in [5.41, 5.74) is 0.883. The van der Waals surface area contributed by atoms with E-state index in [1.807, 2.05) is 24.3 Å². The maximum atomic E-state index is 11.3. The highest BCUT2D eigenvalue weighted by atomic mass is 32.2. The van der Waals surface area contributed by atoms with E-state index in [1.54, 1.807) is 18.7 Å². The van der Waals surface area contributed by atoms with Gasteiger partial charge in [0.15, 0.2) is 9.84 Å². The fraction of sp³-hybridized carbons (Fsp3) is 0.500. The number of hydrogen-bond donors (Lipinski definition) is 1. The van der Waals surface area contributed by atoms with Crippen LogP contribution in [0.4, 0.5) is 0 Å². The van der Waals surface area contributed by atoms with Crippen molar-refractivity contribution in [3.05, 3.63) is 29.8 Å². The molecule has 0 amide bonds. The molecule has 1 heterocycles. The Morgan fingerprint density at radius 3 is 2.47 bits per heavy atom. The second-order valence-electron chi connectivity index (χ2n) is 4.39. The Morgan fingerprint density at radius 1 is 1.35 bits per heavy atom. The molecule has 0 saturated carbocycles. The van der Waals surface area contributed by atoms with Gasteiger partial charge in [-0.1, -0.05) is 12.1 Å². The van der Waals surface area contributed by atoms with Crippen molar-refractivity contribution in [2.24, 2.45) is 0 Å². The first-order valence-corrected chi connectivity index (χ1v) is 8.31. The lowest BCUT2D eigenvalue weighted by Crippen LogP contribution is -2.05. The van der Waals surface area contributed by atoms with Crippen molar-refractivity contribution in [3.8, 4) is 0 Å². The van der Waals surface area contributed by atoms with Crippen LogP contribution in [0.5, 0.6) is 0 Å². The molecular formula is C12H16O3S2. The predicted molar refractivity (Wildman–Crippen MR) is 70.0 cm³/mol. The van der Waals surface area contributed by atoms with Crippen molar-refractivity contribution < 1.29 is 13.5 Å². The Labute approximate surface area is 106 Å². The van der Waals surface area contributed by atoms with Crippen LogP contribution in [-0.2, 0) is 9.84 Å². The molecule has 0 radical (unpaired) electrons. The van der Waals surface area contributed by atoms with Gasteiger partial charge in [0.05, 0.1) is 17.6 Å². The number of aliphatic hydroxyl groups excluding tert-OH is 1. The predicted octanol–water partition coefficient (Wildman–Crippen LogP) is 2.02. The van der Waals surface area contributed by atoms with Gasteiger partial charge in [-0.15, -0.1) is 11.8 Å². The summed E-state index contributed by atoms with van der Waals surface area (Å²) in [6.07, 6.45) is 0.284. The maximum Gasteiger partial charge on any atom is 0.151 e. The van der Waals surface area contributed by atoms with Gasteiger partial charge in [-0.3, -0.25) is 0 Å². The summed E-state index contributed by atoms with van der Waals surface area (Å²) in [6.45, 7) is 1.73. The van der Waals surface area contributed by atoms with E-state index in [-0.39, 0.29) is 11.0 Å². The summed E-state index contributed by atoms with van der Waals surface area (Å²) in [5, 5.41) is 9.56. The van der Waals surface area contributed by atoms with E-state index in [0.29, 0.717) is 5.75 Å².